The van der Waals surface area contributed by atoms with Crippen molar-refractivity contribution in [2.24, 2.45) is 0 Å². The van der Waals surface area contributed by atoms with Crippen LogP contribution in [0.5, 0.6) is 11.5 Å². The van der Waals surface area contributed by atoms with Gasteiger partial charge in [0.15, 0.2) is 17.1 Å². The second-order valence-electron chi connectivity index (χ2n) is 5.10. The van der Waals surface area contributed by atoms with Gasteiger partial charge in [-0.1, -0.05) is 30.3 Å². The van der Waals surface area contributed by atoms with Crippen LogP contribution in [-0.4, -0.2) is 12.2 Å². The number of hydrogen-bond acceptors (Lipinski definition) is 5. The van der Waals surface area contributed by atoms with Crippen molar-refractivity contribution in [3.63, 3.8) is 0 Å². The van der Waals surface area contributed by atoms with Gasteiger partial charge in [-0.25, -0.2) is 0 Å². The van der Waals surface area contributed by atoms with Gasteiger partial charge in [0.1, 0.15) is 5.58 Å². The Morgan fingerprint density at radius 1 is 1.04 bits per heavy atom. The molecule has 2 aromatic carbocycles. The normalized spacial score (nSPS) is 11.2. The van der Waals surface area contributed by atoms with Gasteiger partial charge in [0.2, 0.25) is 11.2 Å². The van der Waals surface area contributed by atoms with Crippen LogP contribution < -0.4 is 10.2 Å². The Kier molecular flexibility index (Phi) is 2.87. The Balaban J connectivity index is 2.20. The number of rotatable bonds is 2. The fraction of sp³-hybridized carbons (Fsp3) is 0.0556. The number of furan rings is 1. The molecule has 4 aromatic rings. The standard InChI is InChI=1S/C18H12O5/c1-21-18-14(20)12-9-13(19)17-11(7-8-22-17)16(12)23-15(18)10-5-3-2-4-6-10/h2-9,19H,1H3. The summed E-state index contributed by atoms with van der Waals surface area (Å²) in [4.78, 5) is 12.7. The number of benzene rings is 2. The minimum absolute atomic E-state index is 0.103. The topological polar surface area (TPSA) is 72.8 Å². The fourth-order valence-electron chi connectivity index (χ4n) is 2.72. The van der Waals surface area contributed by atoms with Gasteiger partial charge in [-0.2, -0.15) is 0 Å². The highest BCUT2D eigenvalue weighted by molar-refractivity contribution is 6.05. The fourth-order valence-corrected chi connectivity index (χ4v) is 2.72. The van der Waals surface area contributed by atoms with E-state index < -0.39 is 0 Å². The zero-order valence-electron chi connectivity index (χ0n) is 12.2. The molecule has 0 amide bonds. The van der Waals surface area contributed by atoms with E-state index in [1.807, 2.05) is 30.3 Å². The summed E-state index contributed by atoms with van der Waals surface area (Å²) in [5.41, 5.74) is 1.03. The van der Waals surface area contributed by atoms with Crippen LogP contribution >= 0.6 is 0 Å². The smallest absolute Gasteiger partial charge is 0.235 e. The lowest BCUT2D eigenvalue weighted by Gasteiger charge is -2.09. The summed E-state index contributed by atoms with van der Waals surface area (Å²) in [6.07, 6.45) is 1.44. The van der Waals surface area contributed by atoms with E-state index in [1.165, 1.54) is 19.4 Å². The van der Waals surface area contributed by atoms with E-state index >= 15 is 0 Å². The van der Waals surface area contributed by atoms with E-state index in [-0.39, 0.29) is 27.9 Å². The van der Waals surface area contributed by atoms with E-state index in [0.29, 0.717) is 16.7 Å². The summed E-state index contributed by atoms with van der Waals surface area (Å²) < 4.78 is 16.5. The predicted octanol–water partition coefficient (Wildman–Crippen LogP) is 3.92. The van der Waals surface area contributed by atoms with Gasteiger partial charge in [0.25, 0.3) is 0 Å². The number of methoxy groups -OCH3 is 1. The van der Waals surface area contributed by atoms with Crippen molar-refractivity contribution in [2.75, 3.05) is 7.11 Å². The van der Waals surface area contributed by atoms with E-state index in [9.17, 15) is 9.90 Å². The number of ether oxygens (including phenoxy) is 1. The molecule has 5 nitrogen and oxygen atoms in total. The maximum Gasteiger partial charge on any atom is 0.235 e. The molecular weight excluding hydrogens is 296 g/mol. The van der Waals surface area contributed by atoms with Crippen molar-refractivity contribution in [2.45, 2.75) is 0 Å². The molecule has 0 spiro atoms. The lowest BCUT2D eigenvalue weighted by molar-refractivity contribution is 0.399. The Bertz CT molecular complexity index is 1070. The summed E-state index contributed by atoms with van der Waals surface area (Å²) in [6.45, 7) is 0. The summed E-state index contributed by atoms with van der Waals surface area (Å²) in [6, 6.07) is 12.2. The Labute approximate surface area is 130 Å². The zero-order chi connectivity index (χ0) is 16.0. The van der Waals surface area contributed by atoms with Crippen LogP contribution in [0.25, 0.3) is 33.3 Å². The first-order valence-electron chi connectivity index (χ1n) is 7.00. The van der Waals surface area contributed by atoms with Crippen LogP contribution in [0.3, 0.4) is 0 Å². The van der Waals surface area contributed by atoms with Gasteiger partial charge in [-0.05, 0) is 12.1 Å². The van der Waals surface area contributed by atoms with Crippen LogP contribution in [0.4, 0.5) is 0 Å². The van der Waals surface area contributed by atoms with Crippen LogP contribution in [0.1, 0.15) is 0 Å². The molecule has 0 saturated heterocycles. The molecule has 114 valence electrons. The van der Waals surface area contributed by atoms with Crippen molar-refractivity contribution in [3.8, 4) is 22.8 Å². The molecule has 0 aliphatic heterocycles. The van der Waals surface area contributed by atoms with Crippen molar-refractivity contribution < 1.29 is 18.7 Å². The van der Waals surface area contributed by atoms with Crippen LogP contribution in [0.15, 0.2) is 62.4 Å². The third-order valence-electron chi connectivity index (χ3n) is 3.77. The second-order valence-corrected chi connectivity index (χ2v) is 5.10. The third-order valence-corrected chi connectivity index (χ3v) is 3.77. The number of phenolic OH excluding ortho intramolecular Hbond substituents is 1. The van der Waals surface area contributed by atoms with E-state index in [4.69, 9.17) is 13.6 Å². The van der Waals surface area contributed by atoms with Gasteiger partial charge in [-0.15, -0.1) is 0 Å². The predicted molar refractivity (Wildman–Crippen MR) is 85.9 cm³/mol. The first-order valence-corrected chi connectivity index (χ1v) is 7.00. The van der Waals surface area contributed by atoms with E-state index in [2.05, 4.69) is 0 Å². The molecule has 2 aromatic heterocycles. The van der Waals surface area contributed by atoms with Gasteiger partial charge >= 0.3 is 0 Å². The molecule has 0 aliphatic rings. The average molecular weight is 308 g/mol. The number of aromatic hydroxyl groups is 1. The van der Waals surface area contributed by atoms with Crippen molar-refractivity contribution in [3.05, 3.63) is 59.0 Å². The Morgan fingerprint density at radius 2 is 1.83 bits per heavy atom. The summed E-state index contributed by atoms with van der Waals surface area (Å²) >= 11 is 0. The molecule has 0 unspecified atom stereocenters. The monoisotopic (exact) mass is 308 g/mol. The highest BCUT2D eigenvalue weighted by Crippen LogP contribution is 2.37. The highest BCUT2D eigenvalue weighted by atomic mass is 16.5. The largest absolute Gasteiger partial charge is 0.504 e. The molecule has 0 fully saturated rings. The second kappa shape index (κ2) is 4.91. The van der Waals surface area contributed by atoms with Gasteiger partial charge in [-0.3, -0.25) is 4.79 Å². The molecule has 2 heterocycles. The molecule has 0 saturated carbocycles. The molecule has 1 N–H and O–H groups in total. The van der Waals surface area contributed by atoms with E-state index in [1.54, 1.807) is 6.07 Å². The van der Waals surface area contributed by atoms with Crippen LogP contribution in [0, 0.1) is 0 Å². The first-order chi connectivity index (χ1) is 11.2. The minimum Gasteiger partial charge on any atom is -0.504 e. The van der Waals surface area contributed by atoms with E-state index in [0.717, 1.165) is 5.56 Å². The van der Waals surface area contributed by atoms with Crippen LogP contribution in [-0.2, 0) is 0 Å². The van der Waals surface area contributed by atoms with Gasteiger partial charge in [0.05, 0.1) is 24.1 Å². The lowest BCUT2D eigenvalue weighted by Crippen LogP contribution is -2.07. The summed E-state index contributed by atoms with van der Waals surface area (Å²) in [5, 5.41) is 10.8. The molecule has 0 radical (unpaired) electrons. The van der Waals surface area contributed by atoms with Crippen molar-refractivity contribution >= 4 is 21.9 Å². The highest BCUT2D eigenvalue weighted by Gasteiger charge is 2.20. The first kappa shape index (κ1) is 13.5. The van der Waals surface area contributed by atoms with Gasteiger partial charge in [0, 0.05) is 5.56 Å². The lowest BCUT2D eigenvalue weighted by atomic mass is 10.1. The Morgan fingerprint density at radius 3 is 2.57 bits per heavy atom. The molecule has 5 heteroatoms. The number of hydrogen-bond donors (Lipinski definition) is 1. The quantitative estimate of drug-likeness (QED) is 0.607. The molecule has 0 bridgehead atoms. The minimum atomic E-state index is -0.342. The number of fused-ring (bicyclic) bond motifs is 3. The molecular formula is C18H12O5. The maximum absolute atomic E-state index is 12.7. The SMILES string of the molecule is COc1c(-c2ccccc2)oc2c(cc(O)c3occc32)c1=O. The Hall–Kier alpha value is -3.21. The molecule has 23 heavy (non-hydrogen) atoms. The summed E-state index contributed by atoms with van der Waals surface area (Å²) in [7, 11) is 1.42. The van der Waals surface area contributed by atoms with Gasteiger partial charge < -0.3 is 18.7 Å². The molecule has 0 atom stereocenters. The average Bonchev–Trinajstić information content (AvgIpc) is 3.07. The molecule has 4 rings (SSSR count). The zero-order valence-corrected chi connectivity index (χ0v) is 12.2. The van der Waals surface area contributed by atoms with Crippen molar-refractivity contribution in [1.29, 1.82) is 0 Å². The number of phenols is 1. The molecule has 0 aliphatic carbocycles. The summed E-state index contributed by atoms with van der Waals surface area (Å²) in [5.74, 6) is 0.337. The van der Waals surface area contributed by atoms with Crippen LogP contribution in [0.2, 0.25) is 0 Å². The third kappa shape index (κ3) is 1.90. The van der Waals surface area contributed by atoms with Crippen molar-refractivity contribution in [1.82, 2.24) is 0 Å². The maximum atomic E-state index is 12.7.